The van der Waals surface area contributed by atoms with Crippen molar-refractivity contribution in [2.24, 2.45) is 0 Å². The number of hydrogen-bond acceptors (Lipinski definition) is 5. The second-order valence-corrected chi connectivity index (χ2v) is 5.90. The molecule has 0 saturated heterocycles. The molecule has 4 nitrogen and oxygen atoms in total. The van der Waals surface area contributed by atoms with Gasteiger partial charge in [-0.3, -0.25) is 4.79 Å². The average Bonchev–Trinajstić information content (AvgIpc) is 2.83. The molecular weight excluding hydrogens is 290 g/mol. The molecule has 0 aliphatic carbocycles. The van der Waals surface area contributed by atoms with Crippen molar-refractivity contribution >= 4 is 52.0 Å². The number of carbonyl (C=O) groups excluding carboxylic acids is 1. The lowest BCUT2D eigenvalue weighted by Gasteiger charge is -2.07. The monoisotopic (exact) mass is 299 g/mol. The number of benzene rings is 1. The largest absolute Gasteiger partial charge is 0.399 e. The Morgan fingerprint density at radius 1 is 1.56 bits per heavy atom. The van der Waals surface area contributed by atoms with Crippen LogP contribution in [0.1, 0.15) is 0 Å². The van der Waals surface area contributed by atoms with Gasteiger partial charge in [-0.1, -0.05) is 23.4 Å². The molecule has 1 aromatic carbocycles. The first-order valence-electron chi connectivity index (χ1n) is 5.02. The predicted molar refractivity (Wildman–Crippen MR) is 77.3 cm³/mol. The number of amides is 1. The van der Waals surface area contributed by atoms with Crippen LogP contribution in [0.15, 0.2) is 34.1 Å². The molecule has 0 fully saturated rings. The molecule has 1 aromatic heterocycles. The average molecular weight is 300 g/mol. The third-order valence-electron chi connectivity index (χ3n) is 2.00. The summed E-state index contributed by atoms with van der Waals surface area (Å²) in [5, 5.41) is 5.03. The Labute approximate surface area is 118 Å². The van der Waals surface area contributed by atoms with E-state index in [9.17, 15) is 4.79 Å². The Hall–Kier alpha value is -1.24. The van der Waals surface area contributed by atoms with Crippen LogP contribution in [-0.2, 0) is 4.79 Å². The van der Waals surface area contributed by atoms with E-state index in [1.54, 1.807) is 24.4 Å². The molecule has 0 bridgehead atoms. The summed E-state index contributed by atoms with van der Waals surface area (Å²) < 4.78 is 0.869. The van der Waals surface area contributed by atoms with E-state index in [0.717, 1.165) is 4.34 Å². The number of nitrogen functional groups attached to an aromatic ring is 1. The summed E-state index contributed by atoms with van der Waals surface area (Å²) in [6.45, 7) is 0. The molecule has 7 heteroatoms. The van der Waals surface area contributed by atoms with Crippen molar-refractivity contribution in [3.05, 3.63) is 34.8 Å². The van der Waals surface area contributed by atoms with Gasteiger partial charge in [0.05, 0.1) is 16.5 Å². The number of rotatable bonds is 4. The number of thiazole rings is 1. The van der Waals surface area contributed by atoms with Crippen LogP contribution in [0.5, 0.6) is 0 Å². The predicted octanol–water partition coefficient (Wildman–Crippen LogP) is 3.11. The van der Waals surface area contributed by atoms with Gasteiger partial charge in [0.1, 0.15) is 4.34 Å². The number of aromatic nitrogens is 1. The van der Waals surface area contributed by atoms with Crippen molar-refractivity contribution in [3.63, 3.8) is 0 Å². The molecular formula is C11H10ClN3OS2. The van der Waals surface area contributed by atoms with Gasteiger partial charge < -0.3 is 11.1 Å². The molecule has 0 saturated carbocycles. The third-order valence-corrected chi connectivity index (χ3v) is 4.28. The van der Waals surface area contributed by atoms with Crippen LogP contribution in [0.4, 0.5) is 11.4 Å². The van der Waals surface area contributed by atoms with Crippen molar-refractivity contribution in [1.29, 1.82) is 0 Å². The zero-order valence-electron chi connectivity index (χ0n) is 9.22. The van der Waals surface area contributed by atoms with Gasteiger partial charge in [0.15, 0.2) is 0 Å². The normalized spacial score (nSPS) is 10.3. The molecule has 0 aliphatic rings. The van der Waals surface area contributed by atoms with Gasteiger partial charge in [-0.15, -0.1) is 11.3 Å². The fourth-order valence-corrected chi connectivity index (χ4v) is 2.90. The Morgan fingerprint density at radius 2 is 2.39 bits per heavy atom. The van der Waals surface area contributed by atoms with Gasteiger partial charge in [-0.05, 0) is 18.2 Å². The molecule has 2 aromatic rings. The lowest BCUT2D eigenvalue weighted by Crippen LogP contribution is -2.14. The van der Waals surface area contributed by atoms with Crippen LogP contribution in [0.3, 0.4) is 0 Å². The van der Waals surface area contributed by atoms with E-state index in [4.69, 9.17) is 17.3 Å². The van der Waals surface area contributed by atoms with Gasteiger partial charge in [0.2, 0.25) is 5.91 Å². The topological polar surface area (TPSA) is 68.0 Å². The maximum Gasteiger partial charge on any atom is 0.234 e. The fraction of sp³-hybridized carbons (Fsp3) is 0.0909. The maximum absolute atomic E-state index is 11.7. The Balaban J connectivity index is 1.91. The molecule has 1 amide bonds. The standard InChI is InChI=1S/C11H10ClN3OS2/c12-8-5-7(13)1-2-9(8)15-10(16)6-18-11-14-3-4-17-11/h1-5H,6,13H2,(H,15,16). The highest BCUT2D eigenvalue weighted by Crippen LogP contribution is 2.25. The highest BCUT2D eigenvalue weighted by Gasteiger charge is 2.07. The third kappa shape index (κ3) is 3.63. The first-order valence-corrected chi connectivity index (χ1v) is 7.26. The van der Waals surface area contributed by atoms with E-state index < -0.39 is 0 Å². The summed E-state index contributed by atoms with van der Waals surface area (Å²) in [7, 11) is 0. The molecule has 2 rings (SSSR count). The van der Waals surface area contributed by atoms with Crippen molar-refractivity contribution in [2.75, 3.05) is 16.8 Å². The first kappa shape index (κ1) is 13.2. The van der Waals surface area contributed by atoms with Gasteiger partial charge in [0, 0.05) is 17.3 Å². The highest BCUT2D eigenvalue weighted by atomic mass is 35.5. The summed E-state index contributed by atoms with van der Waals surface area (Å²) in [6.07, 6.45) is 1.71. The first-order chi connectivity index (χ1) is 8.65. The zero-order chi connectivity index (χ0) is 13.0. The number of nitrogens with two attached hydrogens (primary N) is 1. The maximum atomic E-state index is 11.7. The molecule has 0 spiro atoms. The fourth-order valence-electron chi connectivity index (χ4n) is 1.23. The van der Waals surface area contributed by atoms with E-state index in [-0.39, 0.29) is 5.91 Å². The number of nitrogens with zero attached hydrogens (tertiary/aromatic N) is 1. The number of thioether (sulfide) groups is 1. The van der Waals surface area contributed by atoms with E-state index in [0.29, 0.717) is 22.2 Å². The number of anilines is 2. The van der Waals surface area contributed by atoms with Crippen molar-refractivity contribution < 1.29 is 4.79 Å². The molecule has 0 aliphatic heterocycles. The summed E-state index contributed by atoms with van der Waals surface area (Å²) in [4.78, 5) is 15.8. The quantitative estimate of drug-likeness (QED) is 0.672. The number of nitrogens with one attached hydrogen (secondary N) is 1. The smallest absolute Gasteiger partial charge is 0.234 e. The molecule has 0 unspecified atom stereocenters. The van der Waals surface area contributed by atoms with Crippen molar-refractivity contribution in [1.82, 2.24) is 4.98 Å². The Kier molecular flexibility index (Phi) is 4.46. The Bertz CT molecular complexity index is 545. The summed E-state index contributed by atoms with van der Waals surface area (Å²) in [5.41, 5.74) is 6.70. The minimum Gasteiger partial charge on any atom is -0.399 e. The molecule has 94 valence electrons. The molecule has 18 heavy (non-hydrogen) atoms. The summed E-state index contributed by atoms with van der Waals surface area (Å²) in [5.74, 6) is 0.177. The van der Waals surface area contributed by atoms with Crippen LogP contribution >= 0.6 is 34.7 Å². The molecule has 3 N–H and O–H groups in total. The van der Waals surface area contributed by atoms with Crippen molar-refractivity contribution in [3.8, 4) is 0 Å². The minimum atomic E-state index is -0.123. The number of carbonyl (C=O) groups is 1. The number of hydrogen-bond donors (Lipinski definition) is 2. The highest BCUT2D eigenvalue weighted by molar-refractivity contribution is 8.01. The van der Waals surface area contributed by atoms with Crippen LogP contribution in [0, 0.1) is 0 Å². The molecule has 0 atom stereocenters. The second kappa shape index (κ2) is 6.08. The second-order valence-electron chi connectivity index (χ2n) is 3.37. The van der Waals surface area contributed by atoms with Gasteiger partial charge >= 0.3 is 0 Å². The van der Waals surface area contributed by atoms with Crippen LogP contribution < -0.4 is 11.1 Å². The van der Waals surface area contributed by atoms with E-state index in [1.165, 1.54) is 23.1 Å². The summed E-state index contributed by atoms with van der Waals surface area (Å²) in [6, 6.07) is 4.98. The van der Waals surface area contributed by atoms with Crippen LogP contribution in [0.2, 0.25) is 5.02 Å². The SMILES string of the molecule is Nc1ccc(NC(=O)CSc2nccs2)c(Cl)c1. The lowest BCUT2D eigenvalue weighted by molar-refractivity contribution is -0.113. The van der Waals surface area contributed by atoms with Gasteiger partial charge in [-0.25, -0.2) is 4.98 Å². The molecule has 0 radical (unpaired) electrons. The van der Waals surface area contributed by atoms with E-state index in [2.05, 4.69) is 10.3 Å². The van der Waals surface area contributed by atoms with Gasteiger partial charge in [-0.2, -0.15) is 0 Å². The lowest BCUT2D eigenvalue weighted by atomic mass is 10.3. The van der Waals surface area contributed by atoms with Gasteiger partial charge in [0.25, 0.3) is 0 Å². The van der Waals surface area contributed by atoms with E-state index in [1.807, 2.05) is 5.38 Å². The van der Waals surface area contributed by atoms with Crippen LogP contribution in [-0.4, -0.2) is 16.6 Å². The molecule has 1 heterocycles. The zero-order valence-corrected chi connectivity index (χ0v) is 11.6. The summed E-state index contributed by atoms with van der Waals surface area (Å²) >= 11 is 8.86. The number of halogens is 1. The van der Waals surface area contributed by atoms with Crippen molar-refractivity contribution in [2.45, 2.75) is 4.34 Å². The minimum absolute atomic E-state index is 0.123. The van der Waals surface area contributed by atoms with E-state index >= 15 is 0 Å². The Morgan fingerprint density at radius 3 is 3.06 bits per heavy atom. The van der Waals surface area contributed by atoms with Crippen LogP contribution in [0.25, 0.3) is 0 Å².